The maximum atomic E-state index is 10.3. The van der Waals surface area contributed by atoms with Crippen molar-refractivity contribution in [2.75, 3.05) is 13.2 Å². The molecule has 0 aromatic rings. The lowest BCUT2D eigenvalue weighted by atomic mass is 10.2. The normalized spacial score (nSPS) is 20.0. The van der Waals surface area contributed by atoms with E-state index in [0.29, 0.717) is 19.6 Å². The molecule has 1 aliphatic heterocycles. The van der Waals surface area contributed by atoms with Crippen molar-refractivity contribution in [1.82, 2.24) is 0 Å². The Morgan fingerprint density at radius 1 is 1.44 bits per heavy atom. The summed E-state index contributed by atoms with van der Waals surface area (Å²) in [5.74, 6) is 0. The number of hydrogen-bond donors (Lipinski definition) is 0. The molecular weight excluding hydrogens is 120 g/mol. The van der Waals surface area contributed by atoms with Gasteiger partial charge in [0.25, 0.3) is 0 Å². The molecule has 0 N–H and O–H groups in total. The Labute approximate surface area is 53.3 Å². The first-order valence-corrected chi connectivity index (χ1v) is 2.75. The standard InChI is InChI=1S/C6H8O3/c1-5-2-3-8-6(7)9-4-5/h1-4H2. The van der Waals surface area contributed by atoms with Crippen LogP contribution in [0.15, 0.2) is 12.2 Å². The van der Waals surface area contributed by atoms with E-state index >= 15 is 0 Å². The van der Waals surface area contributed by atoms with Crippen LogP contribution < -0.4 is 0 Å². The summed E-state index contributed by atoms with van der Waals surface area (Å²) >= 11 is 0. The van der Waals surface area contributed by atoms with Crippen LogP contribution >= 0.6 is 0 Å². The maximum Gasteiger partial charge on any atom is 0.508 e. The predicted octanol–water partition coefficient (Wildman–Crippen LogP) is 1.10. The minimum atomic E-state index is -0.589. The topological polar surface area (TPSA) is 35.5 Å². The molecule has 0 bridgehead atoms. The number of ether oxygens (including phenoxy) is 2. The van der Waals surface area contributed by atoms with E-state index in [1.807, 2.05) is 0 Å². The Kier molecular flexibility index (Phi) is 1.72. The second-order valence-electron chi connectivity index (χ2n) is 1.89. The summed E-state index contributed by atoms with van der Waals surface area (Å²) in [6.45, 7) is 4.36. The average Bonchev–Trinajstić information content (AvgIpc) is 1.97. The van der Waals surface area contributed by atoms with Gasteiger partial charge in [0.1, 0.15) is 6.61 Å². The smallest absolute Gasteiger partial charge is 0.434 e. The summed E-state index contributed by atoms with van der Waals surface area (Å²) in [5, 5.41) is 0. The van der Waals surface area contributed by atoms with Gasteiger partial charge in [-0.05, 0) is 5.57 Å². The molecule has 9 heavy (non-hydrogen) atoms. The first-order chi connectivity index (χ1) is 4.29. The van der Waals surface area contributed by atoms with Gasteiger partial charge < -0.3 is 9.47 Å². The number of carbonyl (C=O) groups is 1. The van der Waals surface area contributed by atoms with E-state index in [0.717, 1.165) is 5.57 Å². The summed E-state index contributed by atoms with van der Waals surface area (Å²) in [4.78, 5) is 10.3. The second kappa shape index (κ2) is 2.53. The van der Waals surface area contributed by atoms with E-state index in [-0.39, 0.29) is 0 Å². The van der Waals surface area contributed by atoms with Crippen LogP contribution in [0.1, 0.15) is 6.42 Å². The molecule has 0 aromatic carbocycles. The summed E-state index contributed by atoms with van der Waals surface area (Å²) in [6, 6.07) is 0. The van der Waals surface area contributed by atoms with E-state index in [1.54, 1.807) is 0 Å². The van der Waals surface area contributed by atoms with Crippen molar-refractivity contribution in [3.63, 3.8) is 0 Å². The highest BCUT2D eigenvalue weighted by molar-refractivity contribution is 5.60. The molecule has 50 valence electrons. The first kappa shape index (κ1) is 6.13. The third-order valence-corrected chi connectivity index (χ3v) is 1.07. The molecule has 0 atom stereocenters. The van der Waals surface area contributed by atoms with E-state index in [2.05, 4.69) is 16.1 Å². The number of carbonyl (C=O) groups excluding carboxylic acids is 1. The molecule has 0 aliphatic carbocycles. The van der Waals surface area contributed by atoms with Crippen LogP contribution in [0.3, 0.4) is 0 Å². The van der Waals surface area contributed by atoms with Gasteiger partial charge in [0, 0.05) is 6.42 Å². The van der Waals surface area contributed by atoms with Crippen LogP contribution in [0.4, 0.5) is 4.79 Å². The molecule has 1 heterocycles. The van der Waals surface area contributed by atoms with Gasteiger partial charge in [-0.15, -0.1) is 0 Å². The van der Waals surface area contributed by atoms with Gasteiger partial charge in [0.2, 0.25) is 0 Å². The van der Waals surface area contributed by atoms with E-state index in [9.17, 15) is 4.79 Å². The minimum Gasteiger partial charge on any atom is -0.434 e. The number of cyclic esters (lactones) is 2. The van der Waals surface area contributed by atoms with Gasteiger partial charge in [-0.25, -0.2) is 4.79 Å². The minimum absolute atomic E-state index is 0.304. The fourth-order valence-corrected chi connectivity index (χ4v) is 0.554. The van der Waals surface area contributed by atoms with Crippen LogP contribution in [0.25, 0.3) is 0 Å². The molecule has 0 radical (unpaired) electrons. The van der Waals surface area contributed by atoms with Crippen LogP contribution in [0, 0.1) is 0 Å². The Bertz CT molecular complexity index is 123. The van der Waals surface area contributed by atoms with E-state index in [1.165, 1.54) is 0 Å². The van der Waals surface area contributed by atoms with Crippen LogP contribution in [0.2, 0.25) is 0 Å². The lowest BCUT2D eigenvalue weighted by Crippen LogP contribution is -2.03. The molecule has 0 aromatic heterocycles. The monoisotopic (exact) mass is 128 g/mol. The lowest BCUT2D eigenvalue weighted by Gasteiger charge is -1.95. The largest absolute Gasteiger partial charge is 0.508 e. The molecule has 1 rings (SSSR count). The van der Waals surface area contributed by atoms with Crippen molar-refractivity contribution in [2.45, 2.75) is 6.42 Å². The van der Waals surface area contributed by atoms with E-state index in [4.69, 9.17) is 0 Å². The van der Waals surface area contributed by atoms with Crippen LogP contribution in [-0.4, -0.2) is 19.4 Å². The van der Waals surface area contributed by atoms with Gasteiger partial charge in [-0.1, -0.05) is 6.58 Å². The highest BCUT2D eigenvalue weighted by Gasteiger charge is 2.09. The fourth-order valence-electron chi connectivity index (χ4n) is 0.554. The average molecular weight is 128 g/mol. The molecule has 1 aliphatic rings. The van der Waals surface area contributed by atoms with Gasteiger partial charge in [0.15, 0.2) is 0 Å². The summed E-state index contributed by atoms with van der Waals surface area (Å²) in [7, 11) is 0. The molecule has 0 amide bonds. The van der Waals surface area contributed by atoms with Crippen LogP contribution in [0.5, 0.6) is 0 Å². The highest BCUT2D eigenvalue weighted by Crippen LogP contribution is 2.04. The van der Waals surface area contributed by atoms with Crippen molar-refractivity contribution in [3.8, 4) is 0 Å². The molecule has 1 fully saturated rings. The number of rotatable bonds is 0. The SMILES string of the molecule is C=C1CCOC(=O)OC1. The summed E-state index contributed by atoms with van der Waals surface area (Å²) in [5.41, 5.74) is 0.904. The zero-order chi connectivity index (χ0) is 6.69. The Hall–Kier alpha value is -0.990. The summed E-state index contributed by atoms with van der Waals surface area (Å²) in [6.07, 6.45) is 0.125. The maximum absolute atomic E-state index is 10.3. The Morgan fingerprint density at radius 2 is 2.22 bits per heavy atom. The quantitative estimate of drug-likeness (QED) is 0.362. The van der Waals surface area contributed by atoms with Gasteiger partial charge >= 0.3 is 6.16 Å². The third kappa shape index (κ3) is 1.76. The third-order valence-electron chi connectivity index (χ3n) is 1.07. The first-order valence-electron chi connectivity index (χ1n) is 2.75. The molecule has 1 saturated heterocycles. The molecule has 0 spiro atoms. The van der Waals surface area contributed by atoms with Crippen molar-refractivity contribution < 1.29 is 14.3 Å². The number of hydrogen-bond acceptors (Lipinski definition) is 3. The van der Waals surface area contributed by atoms with Gasteiger partial charge in [-0.2, -0.15) is 0 Å². The van der Waals surface area contributed by atoms with Crippen molar-refractivity contribution in [2.24, 2.45) is 0 Å². The zero-order valence-corrected chi connectivity index (χ0v) is 5.05. The lowest BCUT2D eigenvalue weighted by molar-refractivity contribution is 0.0745. The molecule has 3 heteroatoms. The molecular formula is C6H8O3. The highest BCUT2D eigenvalue weighted by atomic mass is 16.7. The van der Waals surface area contributed by atoms with Crippen molar-refractivity contribution in [3.05, 3.63) is 12.2 Å². The van der Waals surface area contributed by atoms with Gasteiger partial charge in [0.05, 0.1) is 6.61 Å². The molecule has 0 saturated carbocycles. The Morgan fingerprint density at radius 3 is 3.00 bits per heavy atom. The Balaban J connectivity index is 2.43. The summed E-state index contributed by atoms with van der Waals surface area (Å²) < 4.78 is 9.11. The van der Waals surface area contributed by atoms with E-state index < -0.39 is 6.16 Å². The molecule has 3 nitrogen and oxygen atoms in total. The van der Waals surface area contributed by atoms with Crippen LogP contribution in [-0.2, 0) is 9.47 Å². The predicted molar refractivity (Wildman–Crippen MR) is 31.1 cm³/mol. The van der Waals surface area contributed by atoms with Crippen molar-refractivity contribution in [1.29, 1.82) is 0 Å². The van der Waals surface area contributed by atoms with Crippen molar-refractivity contribution >= 4 is 6.16 Å². The van der Waals surface area contributed by atoms with Gasteiger partial charge in [-0.3, -0.25) is 0 Å². The molecule has 0 unspecified atom stereocenters. The fraction of sp³-hybridized carbons (Fsp3) is 0.500. The zero-order valence-electron chi connectivity index (χ0n) is 5.05. The second-order valence-corrected chi connectivity index (χ2v) is 1.89.